The van der Waals surface area contributed by atoms with E-state index in [9.17, 15) is 17.6 Å². The van der Waals surface area contributed by atoms with Crippen LogP contribution in [0, 0.1) is 5.82 Å². The van der Waals surface area contributed by atoms with Gasteiger partial charge in [-0.15, -0.1) is 0 Å². The molecule has 0 aliphatic heterocycles. The van der Waals surface area contributed by atoms with Crippen LogP contribution in [0.2, 0.25) is 5.02 Å². The first-order chi connectivity index (χ1) is 9.70. The van der Waals surface area contributed by atoms with E-state index in [1.165, 1.54) is 18.2 Å². The van der Waals surface area contributed by atoms with Gasteiger partial charge in [-0.05, 0) is 41.5 Å². The summed E-state index contributed by atoms with van der Waals surface area (Å²) in [4.78, 5) is 0. The Balaban J connectivity index is 2.49. The third-order valence-electron chi connectivity index (χ3n) is 2.95. The number of hydrogen-bond acceptors (Lipinski definition) is 1. The van der Waals surface area contributed by atoms with Gasteiger partial charge >= 0.3 is 6.18 Å². The summed E-state index contributed by atoms with van der Waals surface area (Å²) < 4.78 is 51.8. The van der Waals surface area contributed by atoms with Crippen LogP contribution in [0.1, 0.15) is 22.7 Å². The summed E-state index contributed by atoms with van der Waals surface area (Å²) >= 11 is 8.77. The second-order valence-electron chi connectivity index (χ2n) is 4.38. The number of nitrogens with two attached hydrogens (primary N) is 1. The fourth-order valence-electron chi connectivity index (χ4n) is 1.89. The molecule has 7 heteroatoms. The van der Waals surface area contributed by atoms with Gasteiger partial charge in [0, 0.05) is 9.50 Å². The van der Waals surface area contributed by atoms with Crippen LogP contribution in [0.15, 0.2) is 40.9 Å². The average molecular weight is 383 g/mol. The molecule has 0 aromatic heterocycles. The van der Waals surface area contributed by atoms with Crippen molar-refractivity contribution in [2.75, 3.05) is 0 Å². The van der Waals surface area contributed by atoms with Crippen molar-refractivity contribution in [3.05, 3.63) is 68.4 Å². The highest BCUT2D eigenvalue weighted by atomic mass is 79.9. The minimum Gasteiger partial charge on any atom is -0.320 e. The molecule has 21 heavy (non-hydrogen) atoms. The molecule has 2 aromatic carbocycles. The van der Waals surface area contributed by atoms with Crippen LogP contribution in [0.25, 0.3) is 0 Å². The van der Waals surface area contributed by atoms with Crippen molar-refractivity contribution in [1.29, 1.82) is 0 Å². The van der Waals surface area contributed by atoms with E-state index in [0.717, 1.165) is 18.2 Å². The highest BCUT2D eigenvalue weighted by Gasteiger charge is 2.33. The monoisotopic (exact) mass is 381 g/mol. The summed E-state index contributed by atoms with van der Waals surface area (Å²) in [6.07, 6.45) is -4.51. The molecule has 0 fully saturated rings. The maximum Gasteiger partial charge on any atom is 0.417 e. The Morgan fingerprint density at radius 2 is 1.76 bits per heavy atom. The molecule has 2 aromatic rings. The lowest BCUT2D eigenvalue weighted by Crippen LogP contribution is -2.15. The average Bonchev–Trinajstić information content (AvgIpc) is 2.40. The Labute approximate surface area is 131 Å². The molecule has 0 radical (unpaired) electrons. The summed E-state index contributed by atoms with van der Waals surface area (Å²) in [7, 11) is 0. The number of halogens is 6. The Morgan fingerprint density at radius 1 is 1.10 bits per heavy atom. The van der Waals surface area contributed by atoms with E-state index in [2.05, 4.69) is 15.9 Å². The van der Waals surface area contributed by atoms with E-state index in [1.807, 2.05) is 0 Å². The third kappa shape index (κ3) is 3.56. The van der Waals surface area contributed by atoms with Crippen LogP contribution in [0.4, 0.5) is 17.6 Å². The molecule has 0 saturated carbocycles. The minimum absolute atomic E-state index is 0.0868. The summed E-state index contributed by atoms with van der Waals surface area (Å²) in [5.74, 6) is -0.557. The molecule has 0 saturated heterocycles. The Bertz CT molecular complexity index is 673. The molecular formula is C14H9BrClF4N. The number of alkyl halides is 3. The lowest BCUT2D eigenvalue weighted by atomic mass is 9.97. The zero-order valence-electron chi connectivity index (χ0n) is 10.4. The highest BCUT2D eigenvalue weighted by molar-refractivity contribution is 9.10. The molecule has 112 valence electrons. The molecule has 0 bridgehead atoms. The molecule has 1 unspecified atom stereocenters. The number of hydrogen-bond donors (Lipinski definition) is 1. The van der Waals surface area contributed by atoms with Crippen LogP contribution in [0.3, 0.4) is 0 Å². The van der Waals surface area contributed by atoms with Crippen LogP contribution in [0.5, 0.6) is 0 Å². The summed E-state index contributed by atoms with van der Waals surface area (Å²) in [5, 5.41) is 0.195. The van der Waals surface area contributed by atoms with E-state index in [4.69, 9.17) is 17.3 Å². The van der Waals surface area contributed by atoms with Crippen molar-refractivity contribution < 1.29 is 17.6 Å². The second-order valence-corrected chi connectivity index (χ2v) is 5.64. The van der Waals surface area contributed by atoms with Gasteiger partial charge in [0.2, 0.25) is 0 Å². The molecule has 0 heterocycles. The van der Waals surface area contributed by atoms with Gasteiger partial charge in [-0.1, -0.05) is 33.6 Å². The molecule has 1 nitrogen and oxygen atoms in total. The van der Waals surface area contributed by atoms with Gasteiger partial charge in [-0.25, -0.2) is 4.39 Å². The van der Waals surface area contributed by atoms with Gasteiger partial charge < -0.3 is 5.73 Å². The standard InChI is InChI=1S/C14H9BrClF4N/c15-11-3-1-7(5-10(11)14(18,19)20)13(21)9-6-8(17)2-4-12(9)16/h1-6,13H,21H2. The smallest absolute Gasteiger partial charge is 0.320 e. The lowest BCUT2D eigenvalue weighted by Gasteiger charge is -2.17. The maximum absolute atomic E-state index is 13.3. The van der Waals surface area contributed by atoms with Crippen molar-refractivity contribution in [3.8, 4) is 0 Å². The Hall–Kier alpha value is -1.11. The lowest BCUT2D eigenvalue weighted by molar-refractivity contribution is -0.138. The largest absolute Gasteiger partial charge is 0.417 e. The van der Waals surface area contributed by atoms with Crippen molar-refractivity contribution >= 4 is 27.5 Å². The number of benzene rings is 2. The fourth-order valence-corrected chi connectivity index (χ4v) is 2.59. The molecule has 2 N–H and O–H groups in total. The first-order valence-corrected chi connectivity index (χ1v) is 6.94. The Morgan fingerprint density at radius 3 is 2.38 bits per heavy atom. The third-order valence-corrected chi connectivity index (χ3v) is 3.98. The molecule has 0 spiro atoms. The van der Waals surface area contributed by atoms with Gasteiger partial charge in [-0.2, -0.15) is 13.2 Å². The second kappa shape index (κ2) is 5.94. The molecule has 2 rings (SSSR count). The predicted molar refractivity (Wildman–Crippen MR) is 76.6 cm³/mol. The molecular weight excluding hydrogens is 374 g/mol. The highest BCUT2D eigenvalue weighted by Crippen LogP contribution is 2.37. The van der Waals surface area contributed by atoms with Gasteiger partial charge in [0.05, 0.1) is 11.6 Å². The van der Waals surface area contributed by atoms with E-state index in [-0.39, 0.29) is 20.6 Å². The van der Waals surface area contributed by atoms with E-state index in [0.29, 0.717) is 0 Å². The van der Waals surface area contributed by atoms with Crippen molar-refractivity contribution in [1.82, 2.24) is 0 Å². The first kappa shape index (κ1) is 16.3. The van der Waals surface area contributed by atoms with Crippen LogP contribution in [-0.4, -0.2) is 0 Å². The molecule has 0 aliphatic carbocycles. The van der Waals surface area contributed by atoms with Crippen molar-refractivity contribution in [2.24, 2.45) is 5.73 Å². The minimum atomic E-state index is -4.51. The van der Waals surface area contributed by atoms with Crippen LogP contribution >= 0.6 is 27.5 Å². The SMILES string of the molecule is NC(c1ccc(Br)c(C(F)(F)F)c1)c1cc(F)ccc1Cl. The summed E-state index contributed by atoms with van der Waals surface area (Å²) in [6, 6.07) is 6.24. The van der Waals surface area contributed by atoms with Crippen molar-refractivity contribution in [2.45, 2.75) is 12.2 Å². The molecule has 1 atom stereocenters. The van der Waals surface area contributed by atoms with Crippen molar-refractivity contribution in [3.63, 3.8) is 0 Å². The van der Waals surface area contributed by atoms with E-state index < -0.39 is 23.6 Å². The fraction of sp³-hybridized carbons (Fsp3) is 0.143. The predicted octanol–water partition coefficient (Wildman–Crippen LogP) is 5.31. The Kier molecular flexibility index (Phi) is 4.60. The zero-order chi connectivity index (χ0) is 15.8. The number of rotatable bonds is 2. The maximum atomic E-state index is 13.3. The van der Waals surface area contributed by atoms with Gasteiger partial charge in [0.15, 0.2) is 0 Å². The normalized spacial score (nSPS) is 13.3. The van der Waals surface area contributed by atoms with Crippen LogP contribution in [-0.2, 0) is 6.18 Å². The summed E-state index contributed by atoms with van der Waals surface area (Å²) in [5.41, 5.74) is 5.49. The van der Waals surface area contributed by atoms with E-state index >= 15 is 0 Å². The molecule has 0 amide bonds. The molecule has 0 aliphatic rings. The van der Waals surface area contributed by atoms with Gasteiger partial charge in [-0.3, -0.25) is 0 Å². The van der Waals surface area contributed by atoms with E-state index in [1.54, 1.807) is 0 Å². The summed E-state index contributed by atoms with van der Waals surface area (Å²) in [6.45, 7) is 0. The quantitative estimate of drug-likeness (QED) is 0.700. The first-order valence-electron chi connectivity index (χ1n) is 5.77. The topological polar surface area (TPSA) is 26.0 Å². The van der Waals surface area contributed by atoms with Gasteiger partial charge in [0.25, 0.3) is 0 Å². The zero-order valence-corrected chi connectivity index (χ0v) is 12.7. The van der Waals surface area contributed by atoms with Crippen LogP contribution < -0.4 is 5.73 Å². The van der Waals surface area contributed by atoms with Gasteiger partial charge in [0.1, 0.15) is 5.82 Å².